The number of rotatable bonds is 1. The highest BCUT2D eigenvalue weighted by atomic mass is 79.9. The molecule has 1 N–H and O–H groups in total. The number of hydrazine groups is 1. The lowest BCUT2D eigenvalue weighted by Gasteiger charge is -2.31. The van der Waals surface area contributed by atoms with Crippen LogP contribution in [0.3, 0.4) is 0 Å². The van der Waals surface area contributed by atoms with Gasteiger partial charge in [0.25, 0.3) is 0 Å². The molecule has 0 aromatic carbocycles. The first kappa shape index (κ1) is 13.7. The molecule has 2 unspecified atom stereocenters. The van der Waals surface area contributed by atoms with E-state index in [0.29, 0.717) is 0 Å². The smallest absolute Gasteiger partial charge is 0.0854 e. The fraction of sp³-hybridized carbons (Fsp3) is 0.400. The number of nitrogens with one attached hydrogen (secondary N) is 1. The van der Waals surface area contributed by atoms with Crippen LogP contribution in [0.2, 0.25) is 0 Å². The number of aromatic nitrogens is 1. The van der Waals surface area contributed by atoms with Crippen LogP contribution in [-0.4, -0.2) is 19.8 Å². The fourth-order valence-electron chi connectivity index (χ4n) is 3.35. The van der Waals surface area contributed by atoms with Gasteiger partial charge in [0.2, 0.25) is 0 Å². The van der Waals surface area contributed by atoms with E-state index in [0.717, 1.165) is 42.8 Å². The summed E-state index contributed by atoms with van der Waals surface area (Å²) in [4.78, 5) is 5.54. The Bertz CT molecular complexity index is 671. The molecule has 0 bridgehead atoms. The lowest BCUT2D eigenvalue weighted by molar-refractivity contribution is 0.379. The van der Waals surface area contributed by atoms with Crippen LogP contribution < -0.4 is 5.43 Å². The van der Waals surface area contributed by atoms with Gasteiger partial charge in [-0.15, -0.1) is 0 Å². The molecule has 1 aromatic rings. The molecule has 0 saturated carbocycles. The van der Waals surface area contributed by atoms with E-state index in [4.69, 9.17) is 0 Å². The molecule has 4 rings (SSSR count). The van der Waals surface area contributed by atoms with E-state index in [1.54, 1.807) is 6.20 Å². The third-order valence-electron chi connectivity index (χ3n) is 4.40. The molecule has 0 saturated heterocycles. The van der Waals surface area contributed by atoms with Gasteiger partial charge in [0, 0.05) is 33.8 Å². The van der Waals surface area contributed by atoms with Gasteiger partial charge in [0.15, 0.2) is 0 Å². The Labute approximate surface area is 135 Å². The van der Waals surface area contributed by atoms with Crippen molar-refractivity contribution in [1.82, 2.24) is 14.4 Å². The lowest BCUT2D eigenvalue weighted by atomic mass is 9.90. The van der Waals surface area contributed by atoms with E-state index in [-0.39, 0.29) is 5.25 Å². The van der Waals surface area contributed by atoms with Crippen LogP contribution in [0.5, 0.6) is 0 Å². The first-order chi connectivity index (χ1) is 10.2. The van der Waals surface area contributed by atoms with Crippen molar-refractivity contribution < 1.29 is 4.21 Å². The zero-order valence-electron chi connectivity index (χ0n) is 11.5. The Kier molecular flexibility index (Phi) is 3.47. The van der Waals surface area contributed by atoms with Crippen molar-refractivity contribution in [3.05, 3.63) is 51.8 Å². The molecule has 3 aliphatic rings. The number of fused-ring (bicyclic) bond motifs is 1. The van der Waals surface area contributed by atoms with Gasteiger partial charge in [-0.1, -0.05) is 6.07 Å². The Hall–Kier alpha value is -0.980. The molecule has 0 amide bonds. The lowest BCUT2D eigenvalue weighted by Crippen LogP contribution is -2.36. The number of allylic oxidation sites excluding steroid dienone is 2. The number of hydrogen-bond donors (Lipinski definition) is 1. The van der Waals surface area contributed by atoms with Gasteiger partial charge < -0.3 is 5.43 Å². The first-order valence-electron chi connectivity index (χ1n) is 7.20. The SMILES string of the molecule is O=S1C2=C(CC1c1ccccn1)C1=C(CC2)CCN(Br)N1. The van der Waals surface area contributed by atoms with E-state index >= 15 is 0 Å². The molecule has 21 heavy (non-hydrogen) atoms. The Morgan fingerprint density at radius 2 is 2.24 bits per heavy atom. The molecule has 110 valence electrons. The molecule has 1 aliphatic carbocycles. The van der Waals surface area contributed by atoms with Crippen LogP contribution in [-0.2, 0) is 10.8 Å². The third kappa shape index (κ3) is 2.29. The van der Waals surface area contributed by atoms with Crippen molar-refractivity contribution in [3.63, 3.8) is 0 Å². The van der Waals surface area contributed by atoms with Gasteiger partial charge in [-0.3, -0.25) is 9.19 Å². The van der Waals surface area contributed by atoms with Crippen molar-refractivity contribution in [2.75, 3.05) is 6.54 Å². The summed E-state index contributed by atoms with van der Waals surface area (Å²) in [5, 5.41) is 0.00977. The van der Waals surface area contributed by atoms with E-state index in [9.17, 15) is 4.21 Å². The van der Waals surface area contributed by atoms with Gasteiger partial charge in [0.1, 0.15) is 0 Å². The minimum atomic E-state index is -0.945. The first-order valence-corrected chi connectivity index (χ1v) is 9.12. The number of halogens is 1. The Morgan fingerprint density at radius 1 is 1.33 bits per heavy atom. The summed E-state index contributed by atoms with van der Waals surface area (Å²) < 4.78 is 14.8. The number of nitrogens with zero attached hydrogens (tertiary/aromatic N) is 2. The Balaban J connectivity index is 1.70. The van der Waals surface area contributed by atoms with Crippen LogP contribution in [0, 0.1) is 0 Å². The van der Waals surface area contributed by atoms with Crippen LogP contribution in [0.1, 0.15) is 36.6 Å². The quantitative estimate of drug-likeness (QED) is 0.776. The summed E-state index contributed by atoms with van der Waals surface area (Å²) in [5.74, 6) is 0. The molecule has 3 heterocycles. The van der Waals surface area contributed by atoms with Gasteiger partial charge in [-0.25, -0.2) is 0 Å². The highest BCUT2D eigenvalue weighted by Gasteiger charge is 2.38. The summed E-state index contributed by atoms with van der Waals surface area (Å²) in [5.41, 5.74) is 8.28. The molecule has 0 fully saturated rings. The molecule has 0 spiro atoms. The van der Waals surface area contributed by atoms with Crippen LogP contribution in [0.4, 0.5) is 0 Å². The van der Waals surface area contributed by atoms with Crippen LogP contribution in [0.25, 0.3) is 0 Å². The normalized spacial score (nSPS) is 29.2. The summed E-state index contributed by atoms with van der Waals surface area (Å²) in [7, 11) is -0.945. The van der Waals surface area contributed by atoms with E-state index in [1.807, 2.05) is 22.2 Å². The van der Waals surface area contributed by atoms with Crippen LogP contribution in [0.15, 0.2) is 46.1 Å². The standard InChI is InChI=1S/C15H16BrN3OS/c16-19-8-6-10-4-5-13-11(15(10)18-19)9-14(21(13)20)12-3-1-2-7-17-12/h1-3,7,14,18H,4-6,8-9H2. The third-order valence-corrected chi connectivity index (χ3v) is 6.79. The zero-order chi connectivity index (χ0) is 14.4. The molecular formula is C15H16BrN3OS. The van der Waals surface area contributed by atoms with Crippen molar-refractivity contribution in [2.24, 2.45) is 0 Å². The molecular weight excluding hydrogens is 350 g/mol. The maximum absolute atomic E-state index is 12.8. The molecule has 0 radical (unpaired) electrons. The maximum Gasteiger partial charge on any atom is 0.0854 e. The largest absolute Gasteiger partial charge is 0.309 e. The summed E-state index contributed by atoms with van der Waals surface area (Å²) in [6, 6.07) is 5.86. The number of pyridine rings is 1. The van der Waals surface area contributed by atoms with Crippen molar-refractivity contribution >= 4 is 26.9 Å². The zero-order valence-corrected chi connectivity index (χ0v) is 13.9. The molecule has 4 nitrogen and oxygen atoms in total. The Morgan fingerprint density at radius 3 is 3.05 bits per heavy atom. The molecule has 2 aliphatic heterocycles. The summed E-state index contributed by atoms with van der Waals surface area (Å²) >= 11 is 3.50. The fourth-order valence-corrected chi connectivity index (χ4v) is 5.46. The molecule has 1 aromatic heterocycles. The van der Waals surface area contributed by atoms with Gasteiger partial charge in [-0.2, -0.15) is 4.03 Å². The second-order valence-electron chi connectivity index (χ2n) is 5.57. The predicted molar refractivity (Wildman–Crippen MR) is 86.4 cm³/mol. The van der Waals surface area contributed by atoms with Crippen molar-refractivity contribution in [1.29, 1.82) is 0 Å². The van der Waals surface area contributed by atoms with E-state index in [2.05, 4.69) is 26.6 Å². The van der Waals surface area contributed by atoms with E-state index in [1.165, 1.54) is 16.8 Å². The monoisotopic (exact) mass is 365 g/mol. The van der Waals surface area contributed by atoms with Gasteiger partial charge in [0.05, 0.1) is 27.4 Å². The minimum absolute atomic E-state index is 0.00977. The second-order valence-corrected chi connectivity index (χ2v) is 8.09. The highest BCUT2D eigenvalue weighted by molar-refractivity contribution is 9.07. The predicted octanol–water partition coefficient (Wildman–Crippen LogP) is 3.10. The van der Waals surface area contributed by atoms with E-state index < -0.39 is 10.8 Å². The molecule has 6 heteroatoms. The van der Waals surface area contributed by atoms with Crippen molar-refractivity contribution in [2.45, 2.75) is 30.9 Å². The minimum Gasteiger partial charge on any atom is -0.309 e. The summed E-state index contributed by atoms with van der Waals surface area (Å²) in [6.45, 7) is 0.966. The average Bonchev–Trinajstić information content (AvgIpc) is 2.86. The summed E-state index contributed by atoms with van der Waals surface area (Å²) in [6.07, 6.45) is 5.65. The van der Waals surface area contributed by atoms with Crippen molar-refractivity contribution in [3.8, 4) is 0 Å². The highest BCUT2D eigenvalue weighted by Crippen LogP contribution is 2.47. The molecule has 2 atom stereocenters. The van der Waals surface area contributed by atoms with Gasteiger partial charge >= 0.3 is 0 Å². The second kappa shape index (κ2) is 5.34. The topological polar surface area (TPSA) is 45.2 Å². The number of hydrogen-bond acceptors (Lipinski definition) is 4. The van der Waals surface area contributed by atoms with Crippen LogP contribution >= 0.6 is 16.1 Å². The van der Waals surface area contributed by atoms with Gasteiger partial charge in [-0.05, 0) is 49.0 Å². The average molecular weight is 366 g/mol. The maximum atomic E-state index is 12.8.